The van der Waals surface area contributed by atoms with Gasteiger partial charge in [-0.2, -0.15) is 0 Å². The summed E-state index contributed by atoms with van der Waals surface area (Å²) >= 11 is 0. The Balaban J connectivity index is 1.83. The van der Waals surface area contributed by atoms with Gasteiger partial charge in [-0.05, 0) is 37.9 Å². The van der Waals surface area contributed by atoms with Crippen molar-refractivity contribution in [3.8, 4) is 0 Å². The Morgan fingerprint density at radius 3 is 2.82 bits per heavy atom. The van der Waals surface area contributed by atoms with Gasteiger partial charge < -0.3 is 10.0 Å². The Kier molecular flexibility index (Phi) is 4.07. The molecule has 0 aromatic carbocycles. The van der Waals surface area contributed by atoms with Gasteiger partial charge in [-0.1, -0.05) is 6.92 Å². The van der Waals surface area contributed by atoms with E-state index in [1.54, 1.807) is 6.07 Å². The third-order valence-corrected chi connectivity index (χ3v) is 3.25. The van der Waals surface area contributed by atoms with Gasteiger partial charge in [0.25, 0.3) is 0 Å². The lowest BCUT2D eigenvalue weighted by molar-refractivity contribution is 0.137. The highest BCUT2D eigenvalue weighted by Gasteiger charge is 2.27. The van der Waals surface area contributed by atoms with Gasteiger partial charge in [0.05, 0.1) is 18.0 Å². The van der Waals surface area contributed by atoms with E-state index in [0.717, 1.165) is 19.3 Å². The number of halogens is 1. The van der Waals surface area contributed by atoms with E-state index in [9.17, 15) is 9.50 Å². The second-order valence-corrected chi connectivity index (χ2v) is 4.57. The fourth-order valence-corrected chi connectivity index (χ4v) is 2.06. The number of nitrogens with zero attached hydrogens (tertiary/aromatic N) is 2. The van der Waals surface area contributed by atoms with Crippen molar-refractivity contribution in [1.82, 2.24) is 9.88 Å². The Morgan fingerprint density at radius 2 is 2.29 bits per heavy atom. The highest BCUT2D eigenvalue weighted by Crippen LogP contribution is 2.27. The number of aliphatic hydroxyl groups excluding tert-OH is 1. The number of hydrogen-bond donors (Lipinski definition) is 1. The quantitative estimate of drug-likeness (QED) is 0.824. The molecule has 1 aliphatic rings. The van der Waals surface area contributed by atoms with E-state index in [-0.39, 0.29) is 5.82 Å². The summed E-state index contributed by atoms with van der Waals surface area (Å²) in [4.78, 5) is 6.28. The molecule has 1 aromatic rings. The van der Waals surface area contributed by atoms with Crippen molar-refractivity contribution in [2.75, 3.05) is 13.1 Å². The zero-order valence-electron chi connectivity index (χ0n) is 10.1. The maximum absolute atomic E-state index is 12.7. The van der Waals surface area contributed by atoms with Gasteiger partial charge in [0.15, 0.2) is 0 Å². The average Bonchev–Trinajstić information content (AvgIpc) is 3.15. The molecule has 1 atom stereocenters. The first-order valence-corrected chi connectivity index (χ1v) is 6.24. The summed E-state index contributed by atoms with van der Waals surface area (Å²) in [7, 11) is 0. The van der Waals surface area contributed by atoms with Gasteiger partial charge in [-0.3, -0.25) is 4.98 Å². The number of hydrogen-bond acceptors (Lipinski definition) is 3. The van der Waals surface area contributed by atoms with Crippen LogP contribution in [0.2, 0.25) is 0 Å². The van der Waals surface area contributed by atoms with Gasteiger partial charge in [0, 0.05) is 12.6 Å². The third kappa shape index (κ3) is 3.48. The Labute approximate surface area is 101 Å². The molecule has 1 saturated carbocycles. The average molecular weight is 238 g/mol. The van der Waals surface area contributed by atoms with Crippen molar-refractivity contribution in [3.05, 3.63) is 29.8 Å². The van der Waals surface area contributed by atoms with Crippen LogP contribution in [0.25, 0.3) is 0 Å². The van der Waals surface area contributed by atoms with E-state index < -0.39 is 6.10 Å². The molecule has 1 fully saturated rings. The summed E-state index contributed by atoms with van der Waals surface area (Å²) in [5.41, 5.74) is 0.554. The van der Waals surface area contributed by atoms with Gasteiger partial charge in [0.2, 0.25) is 0 Å². The maximum Gasteiger partial charge on any atom is 0.141 e. The maximum atomic E-state index is 12.7. The molecular weight excluding hydrogens is 219 g/mol. The molecule has 0 spiro atoms. The van der Waals surface area contributed by atoms with Crippen molar-refractivity contribution in [2.45, 2.75) is 38.3 Å². The van der Waals surface area contributed by atoms with Crippen LogP contribution < -0.4 is 0 Å². The van der Waals surface area contributed by atoms with Crippen molar-refractivity contribution < 1.29 is 9.50 Å². The Morgan fingerprint density at radius 1 is 1.53 bits per heavy atom. The SMILES string of the molecule is CCN(CCC(O)c1ccc(F)cn1)C1CC1. The predicted octanol–water partition coefficient (Wildman–Crippen LogP) is 2.13. The summed E-state index contributed by atoms with van der Waals surface area (Å²) < 4.78 is 12.7. The van der Waals surface area contributed by atoms with E-state index >= 15 is 0 Å². The summed E-state index contributed by atoms with van der Waals surface area (Å²) in [6.07, 6.45) is 3.76. The van der Waals surface area contributed by atoms with Gasteiger partial charge in [-0.25, -0.2) is 4.39 Å². The van der Waals surface area contributed by atoms with Crippen LogP contribution in [0.4, 0.5) is 4.39 Å². The van der Waals surface area contributed by atoms with E-state index in [4.69, 9.17) is 0 Å². The fraction of sp³-hybridized carbons (Fsp3) is 0.615. The van der Waals surface area contributed by atoms with Crippen LogP contribution in [0.5, 0.6) is 0 Å². The number of aliphatic hydroxyl groups is 1. The fourth-order valence-electron chi connectivity index (χ4n) is 2.06. The monoisotopic (exact) mass is 238 g/mol. The lowest BCUT2D eigenvalue weighted by Gasteiger charge is -2.21. The highest BCUT2D eigenvalue weighted by atomic mass is 19.1. The van der Waals surface area contributed by atoms with Crippen molar-refractivity contribution >= 4 is 0 Å². The van der Waals surface area contributed by atoms with Crippen molar-refractivity contribution in [3.63, 3.8) is 0 Å². The number of pyridine rings is 1. The topological polar surface area (TPSA) is 36.4 Å². The first kappa shape index (κ1) is 12.5. The van der Waals surface area contributed by atoms with Crippen LogP contribution >= 0.6 is 0 Å². The molecule has 1 aromatic heterocycles. The lowest BCUT2D eigenvalue weighted by atomic mass is 10.1. The van der Waals surface area contributed by atoms with E-state index in [0.29, 0.717) is 18.2 Å². The van der Waals surface area contributed by atoms with E-state index in [1.165, 1.54) is 18.9 Å². The molecule has 4 heteroatoms. The highest BCUT2D eigenvalue weighted by molar-refractivity contribution is 5.08. The first-order chi connectivity index (χ1) is 8.20. The predicted molar refractivity (Wildman–Crippen MR) is 64.0 cm³/mol. The number of rotatable bonds is 6. The molecular formula is C13H19FN2O. The smallest absolute Gasteiger partial charge is 0.141 e. The molecule has 1 unspecified atom stereocenters. The molecule has 2 rings (SSSR count). The standard InChI is InChI=1S/C13H19FN2O/c1-2-16(11-4-5-11)8-7-13(17)12-6-3-10(14)9-15-12/h3,6,9,11,13,17H,2,4-5,7-8H2,1H3. The minimum absolute atomic E-state index is 0.367. The van der Waals surface area contributed by atoms with Crippen LogP contribution in [0, 0.1) is 5.82 Å². The van der Waals surface area contributed by atoms with E-state index in [1.807, 2.05) is 0 Å². The summed E-state index contributed by atoms with van der Waals surface area (Å²) in [6, 6.07) is 3.60. The molecule has 94 valence electrons. The molecule has 0 aliphatic heterocycles. The summed E-state index contributed by atoms with van der Waals surface area (Å²) in [5, 5.41) is 9.95. The largest absolute Gasteiger partial charge is 0.387 e. The molecule has 0 saturated heterocycles. The van der Waals surface area contributed by atoms with Gasteiger partial charge >= 0.3 is 0 Å². The van der Waals surface area contributed by atoms with Crippen LogP contribution in [0.3, 0.4) is 0 Å². The minimum atomic E-state index is -0.594. The second-order valence-electron chi connectivity index (χ2n) is 4.57. The molecule has 0 bridgehead atoms. The van der Waals surface area contributed by atoms with Gasteiger partial charge in [-0.15, -0.1) is 0 Å². The van der Waals surface area contributed by atoms with Gasteiger partial charge in [0.1, 0.15) is 5.82 Å². The lowest BCUT2D eigenvalue weighted by Crippen LogP contribution is -2.28. The second kappa shape index (κ2) is 5.56. The molecule has 1 aliphatic carbocycles. The zero-order chi connectivity index (χ0) is 12.3. The minimum Gasteiger partial charge on any atom is -0.387 e. The van der Waals surface area contributed by atoms with Crippen LogP contribution in [-0.2, 0) is 0 Å². The Bertz CT molecular complexity index is 351. The molecule has 17 heavy (non-hydrogen) atoms. The van der Waals surface area contributed by atoms with Crippen molar-refractivity contribution in [1.29, 1.82) is 0 Å². The molecule has 1 N–H and O–H groups in total. The Hall–Kier alpha value is -1.00. The van der Waals surface area contributed by atoms with Crippen LogP contribution in [-0.4, -0.2) is 34.1 Å². The summed E-state index contributed by atoms with van der Waals surface area (Å²) in [6.45, 7) is 4.04. The molecule has 3 nitrogen and oxygen atoms in total. The summed E-state index contributed by atoms with van der Waals surface area (Å²) in [5.74, 6) is -0.367. The normalized spacial score (nSPS) is 17.4. The van der Waals surface area contributed by atoms with Crippen molar-refractivity contribution in [2.24, 2.45) is 0 Å². The third-order valence-electron chi connectivity index (χ3n) is 3.25. The molecule has 0 amide bonds. The van der Waals surface area contributed by atoms with E-state index in [2.05, 4.69) is 16.8 Å². The zero-order valence-corrected chi connectivity index (χ0v) is 10.1. The first-order valence-electron chi connectivity index (χ1n) is 6.24. The van der Waals surface area contributed by atoms with Crippen LogP contribution in [0.15, 0.2) is 18.3 Å². The molecule has 1 heterocycles. The number of aromatic nitrogens is 1. The van der Waals surface area contributed by atoms with Crippen LogP contribution in [0.1, 0.15) is 38.0 Å². The molecule has 0 radical (unpaired) electrons.